The molecule has 2 N–H and O–H groups in total. The lowest BCUT2D eigenvalue weighted by Crippen LogP contribution is -2.48. The first kappa shape index (κ1) is 24.7. The van der Waals surface area contributed by atoms with Crippen molar-refractivity contribution in [3.63, 3.8) is 0 Å². The van der Waals surface area contributed by atoms with Gasteiger partial charge in [-0.1, -0.05) is 60.2 Å². The largest absolute Gasteiger partial charge is 0.348 e. The molecule has 5 nitrogen and oxygen atoms in total. The van der Waals surface area contributed by atoms with Crippen LogP contribution in [0.4, 0.5) is 0 Å². The number of nitrogens with one attached hydrogen (secondary N) is 2. The molecule has 3 aromatic rings. The van der Waals surface area contributed by atoms with E-state index in [0.717, 1.165) is 27.8 Å². The van der Waals surface area contributed by atoms with Crippen LogP contribution in [0.15, 0.2) is 71.6 Å². The summed E-state index contributed by atoms with van der Waals surface area (Å²) in [5, 5.41) is 3.02. The van der Waals surface area contributed by atoms with Gasteiger partial charge in [-0.2, -0.15) is 4.72 Å². The molecule has 0 unspecified atom stereocenters. The number of aryl methyl sites for hydroxylation is 4. The van der Waals surface area contributed by atoms with E-state index in [1.54, 1.807) is 24.3 Å². The number of carbonyl (C=O) groups excluding carboxylic acids is 1. The number of hydrogen-bond acceptors (Lipinski definition) is 3. The highest BCUT2D eigenvalue weighted by atomic mass is 32.2. The summed E-state index contributed by atoms with van der Waals surface area (Å²) < 4.78 is 28.7. The number of rotatable bonds is 8. The molecule has 174 valence electrons. The molecular formula is C27H32N2O3S. The van der Waals surface area contributed by atoms with Gasteiger partial charge in [0.25, 0.3) is 0 Å². The number of hydrogen-bond donors (Lipinski definition) is 2. The summed E-state index contributed by atoms with van der Waals surface area (Å²) in [6.07, 6.45) is 0.246. The predicted molar refractivity (Wildman–Crippen MR) is 133 cm³/mol. The molecule has 0 fully saturated rings. The van der Waals surface area contributed by atoms with Crippen LogP contribution in [-0.2, 0) is 21.2 Å². The van der Waals surface area contributed by atoms with Gasteiger partial charge in [-0.3, -0.25) is 4.79 Å². The molecule has 2 atom stereocenters. The maximum absolute atomic E-state index is 13.3. The van der Waals surface area contributed by atoms with Crippen molar-refractivity contribution in [1.82, 2.24) is 10.0 Å². The van der Waals surface area contributed by atoms with E-state index in [4.69, 9.17) is 0 Å². The van der Waals surface area contributed by atoms with Crippen molar-refractivity contribution >= 4 is 15.9 Å². The Morgan fingerprint density at radius 1 is 0.848 bits per heavy atom. The smallest absolute Gasteiger partial charge is 0.241 e. The van der Waals surface area contributed by atoms with Gasteiger partial charge >= 0.3 is 0 Å². The second-order valence-electron chi connectivity index (χ2n) is 8.70. The Hall–Kier alpha value is -2.96. The molecule has 0 aliphatic carbocycles. The Morgan fingerprint density at radius 2 is 1.45 bits per heavy atom. The van der Waals surface area contributed by atoms with Crippen molar-refractivity contribution in [3.8, 4) is 0 Å². The molecular weight excluding hydrogens is 432 g/mol. The van der Waals surface area contributed by atoms with Crippen molar-refractivity contribution in [3.05, 3.63) is 100 Å². The van der Waals surface area contributed by atoms with E-state index in [0.29, 0.717) is 0 Å². The Bertz CT molecular complexity index is 1220. The first-order valence-corrected chi connectivity index (χ1v) is 12.6. The van der Waals surface area contributed by atoms with Gasteiger partial charge in [0.15, 0.2) is 0 Å². The molecule has 0 spiro atoms. The van der Waals surface area contributed by atoms with Crippen LogP contribution in [0.1, 0.15) is 46.3 Å². The van der Waals surface area contributed by atoms with E-state index in [-0.39, 0.29) is 23.3 Å². The third-order valence-corrected chi connectivity index (χ3v) is 7.42. The molecule has 33 heavy (non-hydrogen) atoms. The second kappa shape index (κ2) is 10.3. The molecule has 0 radical (unpaired) electrons. The first-order valence-electron chi connectivity index (χ1n) is 11.1. The fraction of sp³-hybridized carbons (Fsp3) is 0.296. The zero-order chi connectivity index (χ0) is 24.2. The Labute approximate surface area is 197 Å². The molecule has 6 heteroatoms. The minimum atomic E-state index is -3.87. The number of carbonyl (C=O) groups is 1. The average Bonchev–Trinajstić information content (AvgIpc) is 2.76. The van der Waals surface area contributed by atoms with E-state index in [1.807, 2.05) is 58.0 Å². The fourth-order valence-electron chi connectivity index (χ4n) is 3.85. The topological polar surface area (TPSA) is 75.3 Å². The van der Waals surface area contributed by atoms with Gasteiger partial charge in [0.1, 0.15) is 6.04 Å². The first-order chi connectivity index (χ1) is 15.6. The van der Waals surface area contributed by atoms with Crippen LogP contribution in [0, 0.1) is 27.7 Å². The highest BCUT2D eigenvalue weighted by Crippen LogP contribution is 2.22. The average molecular weight is 465 g/mol. The highest BCUT2D eigenvalue weighted by molar-refractivity contribution is 7.89. The molecule has 3 aromatic carbocycles. The number of sulfonamides is 1. The van der Waals surface area contributed by atoms with Crippen LogP contribution < -0.4 is 10.0 Å². The summed E-state index contributed by atoms with van der Waals surface area (Å²) in [7, 11) is -3.87. The fourth-order valence-corrected chi connectivity index (χ4v) is 5.05. The van der Waals surface area contributed by atoms with Crippen LogP contribution >= 0.6 is 0 Å². The van der Waals surface area contributed by atoms with Gasteiger partial charge in [0.05, 0.1) is 10.9 Å². The Kier molecular flexibility index (Phi) is 7.72. The van der Waals surface area contributed by atoms with E-state index < -0.39 is 16.1 Å². The summed E-state index contributed by atoms with van der Waals surface area (Å²) >= 11 is 0. The van der Waals surface area contributed by atoms with Gasteiger partial charge in [-0.15, -0.1) is 0 Å². The lowest BCUT2D eigenvalue weighted by atomic mass is 9.96. The quantitative estimate of drug-likeness (QED) is 0.508. The summed E-state index contributed by atoms with van der Waals surface area (Å²) in [6.45, 7) is 9.94. The van der Waals surface area contributed by atoms with Gasteiger partial charge < -0.3 is 5.32 Å². The minimum Gasteiger partial charge on any atom is -0.348 e. The van der Waals surface area contributed by atoms with Gasteiger partial charge in [0, 0.05) is 0 Å². The zero-order valence-corrected chi connectivity index (χ0v) is 20.7. The Balaban J connectivity index is 1.86. The van der Waals surface area contributed by atoms with Crippen molar-refractivity contribution in [2.24, 2.45) is 0 Å². The SMILES string of the molecule is Cc1ccc(S(=O)(=O)N[C@@H](Cc2ccccc2)C(=O)N[C@@H](C)c2cc(C)c(C)cc2C)cc1. The summed E-state index contributed by atoms with van der Waals surface area (Å²) in [6, 6.07) is 19.0. The second-order valence-corrected chi connectivity index (χ2v) is 10.4. The highest BCUT2D eigenvalue weighted by Gasteiger charge is 2.27. The molecule has 1 amide bonds. The monoisotopic (exact) mass is 464 g/mol. The van der Waals surface area contributed by atoms with E-state index in [9.17, 15) is 13.2 Å². The van der Waals surface area contributed by atoms with E-state index in [1.165, 1.54) is 5.56 Å². The summed E-state index contributed by atoms with van der Waals surface area (Å²) in [4.78, 5) is 13.5. The van der Waals surface area contributed by atoms with Gasteiger partial charge in [0.2, 0.25) is 15.9 Å². The van der Waals surface area contributed by atoms with Crippen LogP contribution in [-0.4, -0.2) is 20.4 Å². The summed E-state index contributed by atoms with van der Waals surface area (Å²) in [5.74, 6) is -0.361. The lowest BCUT2D eigenvalue weighted by molar-refractivity contribution is -0.123. The lowest BCUT2D eigenvalue weighted by Gasteiger charge is -2.23. The van der Waals surface area contributed by atoms with Crippen molar-refractivity contribution in [1.29, 1.82) is 0 Å². The maximum atomic E-state index is 13.3. The van der Waals surface area contributed by atoms with E-state index in [2.05, 4.69) is 29.1 Å². The zero-order valence-electron chi connectivity index (χ0n) is 19.8. The van der Waals surface area contributed by atoms with Crippen molar-refractivity contribution < 1.29 is 13.2 Å². The van der Waals surface area contributed by atoms with Gasteiger partial charge in [-0.05, 0) is 81.0 Å². The van der Waals surface area contributed by atoms with Crippen LogP contribution in [0.5, 0.6) is 0 Å². The molecule has 0 bridgehead atoms. The third kappa shape index (κ3) is 6.30. The molecule has 3 rings (SSSR count). The predicted octanol–water partition coefficient (Wildman–Crippen LogP) is 4.69. The molecule has 0 heterocycles. The minimum absolute atomic E-state index is 0.136. The normalized spacial score (nSPS) is 13.4. The molecule has 0 aliphatic rings. The van der Waals surface area contributed by atoms with Crippen LogP contribution in [0.25, 0.3) is 0 Å². The Morgan fingerprint density at radius 3 is 2.09 bits per heavy atom. The maximum Gasteiger partial charge on any atom is 0.241 e. The van der Waals surface area contributed by atoms with Gasteiger partial charge in [-0.25, -0.2) is 8.42 Å². The molecule has 0 saturated heterocycles. The number of benzene rings is 3. The third-order valence-electron chi connectivity index (χ3n) is 5.94. The number of amides is 1. The molecule has 0 saturated carbocycles. The molecule has 0 aromatic heterocycles. The molecule has 0 aliphatic heterocycles. The summed E-state index contributed by atoms with van der Waals surface area (Å²) in [5.41, 5.74) is 6.29. The van der Waals surface area contributed by atoms with Crippen LogP contribution in [0.3, 0.4) is 0 Å². The van der Waals surface area contributed by atoms with Crippen LogP contribution in [0.2, 0.25) is 0 Å². The van der Waals surface area contributed by atoms with Crippen molar-refractivity contribution in [2.45, 2.75) is 58.0 Å². The van der Waals surface area contributed by atoms with Crippen molar-refractivity contribution in [2.75, 3.05) is 0 Å². The van der Waals surface area contributed by atoms with E-state index >= 15 is 0 Å². The standard InChI is InChI=1S/C27H32N2O3S/c1-18-11-13-24(14-12-18)33(31,32)29-26(17-23-9-7-6-8-10-23)27(30)28-22(5)25-16-20(3)19(2)15-21(25)4/h6-16,22,26,29H,17H2,1-5H3,(H,28,30)/t22-,26-/m0/s1.